The van der Waals surface area contributed by atoms with Crippen molar-refractivity contribution in [2.45, 2.75) is 25.8 Å². The summed E-state index contributed by atoms with van der Waals surface area (Å²) in [6, 6.07) is 7.75. The standard InChI is InChI=1S/C18H15BrF6N2O2/c1-2-29-16(28)27(10-6-4-3-5-7-10)9-11-12(17(20,21)22)8-13(19)14(15(11)26)18(23,24)25/h3-8H,2,9,26H2,1H3. The highest BCUT2D eigenvalue weighted by atomic mass is 79.9. The second-order valence-corrected chi connectivity index (χ2v) is 6.64. The molecule has 0 aliphatic carbocycles. The number of nitrogen functional groups attached to an aromatic ring is 1. The SMILES string of the molecule is CCOC(=O)N(Cc1c(C(F)(F)F)cc(Br)c(C(F)(F)F)c1N)c1ccccc1. The zero-order valence-corrected chi connectivity index (χ0v) is 16.5. The van der Waals surface area contributed by atoms with E-state index in [1.807, 2.05) is 0 Å². The summed E-state index contributed by atoms with van der Waals surface area (Å²) in [5.74, 6) is 0. The second kappa shape index (κ2) is 8.52. The number of hydrogen-bond acceptors (Lipinski definition) is 3. The Morgan fingerprint density at radius 2 is 1.69 bits per heavy atom. The average molecular weight is 485 g/mol. The Hall–Kier alpha value is -2.43. The molecule has 0 aromatic heterocycles. The summed E-state index contributed by atoms with van der Waals surface area (Å²) >= 11 is 2.52. The third-order valence-corrected chi connectivity index (χ3v) is 4.52. The van der Waals surface area contributed by atoms with Crippen molar-refractivity contribution >= 4 is 33.4 Å². The summed E-state index contributed by atoms with van der Waals surface area (Å²) < 4.78 is 84.7. The molecule has 2 rings (SSSR count). The maximum atomic E-state index is 13.5. The molecule has 2 aromatic carbocycles. The van der Waals surface area contributed by atoms with E-state index in [0.717, 1.165) is 4.90 Å². The van der Waals surface area contributed by atoms with Crippen LogP contribution in [0.1, 0.15) is 23.6 Å². The minimum Gasteiger partial charge on any atom is -0.449 e. The molecule has 0 heterocycles. The highest BCUT2D eigenvalue weighted by molar-refractivity contribution is 9.10. The van der Waals surface area contributed by atoms with Crippen molar-refractivity contribution in [2.24, 2.45) is 0 Å². The topological polar surface area (TPSA) is 55.6 Å². The van der Waals surface area contributed by atoms with Crippen molar-refractivity contribution < 1.29 is 35.9 Å². The number of halogens is 7. The number of carbonyl (C=O) groups is 1. The number of ether oxygens (including phenoxy) is 1. The number of alkyl halides is 6. The summed E-state index contributed by atoms with van der Waals surface area (Å²) in [6.45, 7) is 0.524. The molecule has 4 nitrogen and oxygen atoms in total. The van der Waals surface area contributed by atoms with E-state index >= 15 is 0 Å². The molecule has 0 unspecified atom stereocenters. The Morgan fingerprint density at radius 3 is 2.17 bits per heavy atom. The molecule has 0 bridgehead atoms. The summed E-state index contributed by atoms with van der Waals surface area (Å²) in [6.07, 6.45) is -11.0. The molecule has 2 N–H and O–H groups in total. The predicted octanol–water partition coefficient (Wildman–Crippen LogP) is 6.23. The number of rotatable bonds is 4. The molecule has 1 amide bonds. The van der Waals surface area contributed by atoms with Crippen molar-refractivity contribution in [1.82, 2.24) is 0 Å². The molecule has 158 valence electrons. The average Bonchev–Trinajstić information content (AvgIpc) is 2.59. The van der Waals surface area contributed by atoms with Crippen LogP contribution in [-0.2, 0) is 23.6 Å². The van der Waals surface area contributed by atoms with Crippen molar-refractivity contribution in [1.29, 1.82) is 0 Å². The van der Waals surface area contributed by atoms with Gasteiger partial charge in [0, 0.05) is 15.7 Å². The fourth-order valence-corrected chi connectivity index (χ4v) is 3.32. The van der Waals surface area contributed by atoms with E-state index in [1.54, 1.807) is 6.07 Å². The van der Waals surface area contributed by atoms with Crippen molar-refractivity contribution in [3.8, 4) is 0 Å². The highest BCUT2D eigenvalue weighted by Gasteiger charge is 2.42. The van der Waals surface area contributed by atoms with E-state index in [0.29, 0.717) is 6.07 Å². The maximum Gasteiger partial charge on any atom is 0.419 e. The van der Waals surface area contributed by atoms with E-state index in [9.17, 15) is 31.1 Å². The normalized spacial score (nSPS) is 12.0. The summed E-state index contributed by atoms with van der Waals surface area (Å²) in [5.41, 5.74) is 0.833. The lowest BCUT2D eigenvalue weighted by Crippen LogP contribution is -2.33. The van der Waals surface area contributed by atoms with Crippen LogP contribution in [0.15, 0.2) is 40.9 Å². The fraction of sp³-hybridized carbons (Fsp3) is 0.278. The molecule has 0 spiro atoms. The van der Waals surface area contributed by atoms with Crippen LogP contribution in [0.3, 0.4) is 0 Å². The lowest BCUT2D eigenvalue weighted by atomic mass is 9.99. The van der Waals surface area contributed by atoms with E-state index < -0.39 is 51.8 Å². The predicted molar refractivity (Wildman–Crippen MR) is 98.2 cm³/mol. The van der Waals surface area contributed by atoms with Gasteiger partial charge in [0.05, 0.1) is 30.0 Å². The summed E-state index contributed by atoms with van der Waals surface area (Å²) in [5, 5.41) is 0. The lowest BCUT2D eigenvalue weighted by molar-refractivity contribution is -0.141. The monoisotopic (exact) mass is 484 g/mol. The van der Waals surface area contributed by atoms with E-state index in [2.05, 4.69) is 15.9 Å². The number of para-hydroxylation sites is 1. The Morgan fingerprint density at radius 1 is 1.10 bits per heavy atom. The van der Waals surface area contributed by atoms with Crippen LogP contribution < -0.4 is 10.6 Å². The van der Waals surface area contributed by atoms with Gasteiger partial charge in [-0.25, -0.2) is 4.79 Å². The van der Waals surface area contributed by atoms with Crippen LogP contribution in [0, 0.1) is 0 Å². The number of nitrogens with zero attached hydrogens (tertiary/aromatic N) is 1. The number of carbonyl (C=O) groups excluding carboxylic acids is 1. The molecular formula is C18H15BrF6N2O2. The van der Waals surface area contributed by atoms with Crippen LogP contribution in [-0.4, -0.2) is 12.7 Å². The first-order chi connectivity index (χ1) is 13.4. The molecule has 0 atom stereocenters. The van der Waals surface area contributed by atoms with Gasteiger partial charge in [-0.3, -0.25) is 4.90 Å². The van der Waals surface area contributed by atoms with Crippen LogP contribution >= 0.6 is 15.9 Å². The van der Waals surface area contributed by atoms with Gasteiger partial charge in [-0.1, -0.05) is 34.1 Å². The second-order valence-electron chi connectivity index (χ2n) is 5.79. The largest absolute Gasteiger partial charge is 0.449 e. The smallest absolute Gasteiger partial charge is 0.419 e. The Labute approximate surface area is 170 Å². The van der Waals surface area contributed by atoms with E-state index in [1.165, 1.54) is 31.2 Å². The molecule has 29 heavy (non-hydrogen) atoms. The van der Waals surface area contributed by atoms with Gasteiger partial charge in [-0.2, -0.15) is 26.3 Å². The van der Waals surface area contributed by atoms with Crippen LogP contribution in [0.4, 0.5) is 42.5 Å². The first kappa shape index (κ1) is 22.9. The van der Waals surface area contributed by atoms with Crippen LogP contribution in [0.5, 0.6) is 0 Å². The number of anilines is 2. The molecule has 2 aromatic rings. The highest BCUT2D eigenvalue weighted by Crippen LogP contribution is 2.45. The third kappa shape index (κ3) is 5.14. The van der Waals surface area contributed by atoms with Gasteiger partial charge in [0.15, 0.2) is 0 Å². The van der Waals surface area contributed by atoms with Gasteiger partial charge in [-0.15, -0.1) is 0 Å². The molecule has 0 saturated heterocycles. The molecular weight excluding hydrogens is 470 g/mol. The van der Waals surface area contributed by atoms with Crippen LogP contribution in [0.2, 0.25) is 0 Å². The molecule has 0 aliphatic rings. The zero-order chi connectivity index (χ0) is 22.0. The van der Waals surface area contributed by atoms with Crippen molar-refractivity contribution in [3.05, 3.63) is 57.6 Å². The van der Waals surface area contributed by atoms with Crippen LogP contribution in [0.25, 0.3) is 0 Å². The van der Waals surface area contributed by atoms with Crippen molar-refractivity contribution in [2.75, 3.05) is 17.2 Å². The number of benzene rings is 2. The summed E-state index contributed by atoms with van der Waals surface area (Å²) in [7, 11) is 0. The fourth-order valence-electron chi connectivity index (χ4n) is 2.65. The molecule has 0 fully saturated rings. The molecule has 0 saturated carbocycles. The first-order valence-electron chi connectivity index (χ1n) is 8.12. The maximum absolute atomic E-state index is 13.5. The number of hydrogen-bond donors (Lipinski definition) is 1. The van der Waals surface area contributed by atoms with E-state index in [-0.39, 0.29) is 12.3 Å². The van der Waals surface area contributed by atoms with Gasteiger partial charge < -0.3 is 10.5 Å². The number of nitrogens with two attached hydrogens (primary N) is 1. The van der Waals surface area contributed by atoms with Gasteiger partial charge in [0.2, 0.25) is 0 Å². The quantitative estimate of drug-likeness (QED) is 0.413. The zero-order valence-electron chi connectivity index (χ0n) is 14.9. The van der Waals surface area contributed by atoms with Gasteiger partial charge >= 0.3 is 18.4 Å². The van der Waals surface area contributed by atoms with Gasteiger partial charge in [-0.05, 0) is 25.1 Å². The minimum absolute atomic E-state index is 0.0854. The molecule has 0 radical (unpaired) electrons. The van der Waals surface area contributed by atoms with E-state index in [4.69, 9.17) is 10.5 Å². The molecule has 0 aliphatic heterocycles. The number of amides is 1. The Kier molecular flexibility index (Phi) is 6.71. The third-order valence-electron chi connectivity index (χ3n) is 3.89. The first-order valence-corrected chi connectivity index (χ1v) is 8.91. The minimum atomic E-state index is -5.01. The van der Waals surface area contributed by atoms with Gasteiger partial charge in [0.1, 0.15) is 0 Å². The van der Waals surface area contributed by atoms with Crippen molar-refractivity contribution in [3.63, 3.8) is 0 Å². The Bertz CT molecular complexity index is 885. The summed E-state index contributed by atoms with van der Waals surface area (Å²) in [4.78, 5) is 13.1. The van der Waals surface area contributed by atoms with Gasteiger partial charge in [0.25, 0.3) is 0 Å². The Balaban J connectivity index is 2.71. The lowest BCUT2D eigenvalue weighted by Gasteiger charge is -2.26. The molecule has 11 heteroatoms.